The minimum Gasteiger partial charge on any atom is -0.493 e. The van der Waals surface area contributed by atoms with E-state index in [1.807, 2.05) is 60.7 Å². The van der Waals surface area contributed by atoms with Crippen molar-refractivity contribution in [2.24, 2.45) is 0 Å². The molecule has 5 nitrogen and oxygen atoms in total. The molecule has 3 aromatic carbocycles. The summed E-state index contributed by atoms with van der Waals surface area (Å²) in [6.45, 7) is 0. The van der Waals surface area contributed by atoms with Crippen molar-refractivity contribution in [2.45, 2.75) is 6.04 Å². The lowest BCUT2D eigenvalue weighted by Crippen LogP contribution is -2.32. The standard InChI is InChI=1S/C24H19NO4/c1-28-20-14-8-13-18-15-19(24(27)29-22(18)20)23(26)25-21(16-9-4-2-5-10-16)17-11-6-3-7-12-17/h2-15,21H,1H3,(H,25,26). The van der Waals surface area contributed by atoms with Gasteiger partial charge in [0.15, 0.2) is 11.3 Å². The molecule has 4 aromatic rings. The van der Waals surface area contributed by atoms with Crippen LogP contribution in [0.1, 0.15) is 27.5 Å². The maximum absolute atomic E-state index is 13.0. The van der Waals surface area contributed by atoms with Crippen molar-refractivity contribution in [3.8, 4) is 5.75 Å². The van der Waals surface area contributed by atoms with Gasteiger partial charge in [0.05, 0.1) is 13.2 Å². The van der Waals surface area contributed by atoms with Crippen LogP contribution in [0.4, 0.5) is 0 Å². The second-order valence-corrected chi connectivity index (χ2v) is 6.55. The van der Waals surface area contributed by atoms with Gasteiger partial charge in [-0.3, -0.25) is 4.79 Å². The van der Waals surface area contributed by atoms with Gasteiger partial charge >= 0.3 is 5.63 Å². The molecule has 0 unspecified atom stereocenters. The summed E-state index contributed by atoms with van der Waals surface area (Å²) >= 11 is 0. The van der Waals surface area contributed by atoms with Crippen molar-refractivity contribution >= 4 is 16.9 Å². The predicted octanol–water partition coefficient (Wildman–Crippen LogP) is 4.32. The zero-order valence-corrected chi connectivity index (χ0v) is 15.8. The molecule has 4 rings (SSSR count). The average Bonchev–Trinajstić information content (AvgIpc) is 2.77. The highest BCUT2D eigenvalue weighted by atomic mass is 16.5. The predicted molar refractivity (Wildman–Crippen MR) is 111 cm³/mol. The number of hydrogen-bond acceptors (Lipinski definition) is 4. The summed E-state index contributed by atoms with van der Waals surface area (Å²) in [5.74, 6) is -0.0563. The molecule has 0 saturated carbocycles. The Morgan fingerprint density at radius 1 is 0.897 bits per heavy atom. The molecule has 0 aliphatic rings. The highest BCUT2D eigenvalue weighted by molar-refractivity contribution is 5.97. The number of nitrogens with one attached hydrogen (secondary N) is 1. The SMILES string of the molecule is COc1cccc2cc(C(=O)NC(c3ccccc3)c3ccccc3)c(=O)oc12. The van der Waals surface area contributed by atoms with Gasteiger partial charge < -0.3 is 14.5 Å². The van der Waals surface area contributed by atoms with Crippen LogP contribution in [0, 0.1) is 0 Å². The lowest BCUT2D eigenvalue weighted by Gasteiger charge is -2.19. The van der Waals surface area contributed by atoms with E-state index in [1.54, 1.807) is 18.2 Å². The molecule has 1 heterocycles. The quantitative estimate of drug-likeness (QED) is 0.520. The fourth-order valence-corrected chi connectivity index (χ4v) is 3.30. The van der Waals surface area contributed by atoms with E-state index in [1.165, 1.54) is 13.2 Å². The first kappa shape index (κ1) is 18.5. The van der Waals surface area contributed by atoms with Gasteiger partial charge in [0.1, 0.15) is 5.56 Å². The van der Waals surface area contributed by atoms with Gasteiger partial charge in [-0.1, -0.05) is 72.8 Å². The van der Waals surface area contributed by atoms with Crippen LogP contribution in [-0.2, 0) is 0 Å². The summed E-state index contributed by atoms with van der Waals surface area (Å²) in [5, 5.41) is 3.59. The molecule has 0 bridgehead atoms. The van der Waals surface area contributed by atoms with Crippen molar-refractivity contribution in [1.82, 2.24) is 5.32 Å². The number of benzene rings is 3. The second kappa shape index (κ2) is 8.02. The van der Waals surface area contributed by atoms with Crippen molar-refractivity contribution in [3.05, 3.63) is 112 Å². The lowest BCUT2D eigenvalue weighted by atomic mass is 9.98. The van der Waals surface area contributed by atoms with Gasteiger partial charge in [-0.25, -0.2) is 4.79 Å². The average molecular weight is 385 g/mol. The summed E-state index contributed by atoms with van der Waals surface area (Å²) < 4.78 is 10.6. The van der Waals surface area contributed by atoms with Crippen LogP contribution in [-0.4, -0.2) is 13.0 Å². The molecule has 1 aromatic heterocycles. The summed E-state index contributed by atoms with van der Waals surface area (Å²) in [5.41, 5.74) is 1.39. The molecule has 0 aliphatic heterocycles. The first-order chi connectivity index (χ1) is 14.2. The van der Waals surface area contributed by atoms with Crippen LogP contribution in [0.5, 0.6) is 5.75 Å². The summed E-state index contributed by atoms with van der Waals surface area (Å²) in [7, 11) is 1.50. The second-order valence-electron chi connectivity index (χ2n) is 6.55. The molecule has 0 radical (unpaired) electrons. The monoisotopic (exact) mass is 385 g/mol. The van der Waals surface area contributed by atoms with Crippen molar-refractivity contribution < 1.29 is 13.9 Å². The minimum atomic E-state index is -0.709. The Kier molecular flexibility index (Phi) is 5.12. The van der Waals surface area contributed by atoms with E-state index < -0.39 is 17.6 Å². The molecular formula is C24H19NO4. The van der Waals surface area contributed by atoms with Crippen LogP contribution in [0.25, 0.3) is 11.0 Å². The third-order valence-corrected chi connectivity index (χ3v) is 4.73. The molecule has 1 amide bonds. The van der Waals surface area contributed by atoms with E-state index in [2.05, 4.69) is 5.32 Å². The third-order valence-electron chi connectivity index (χ3n) is 4.73. The van der Waals surface area contributed by atoms with Crippen LogP contribution < -0.4 is 15.7 Å². The molecule has 1 N–H and O–H groups in total. The molecule has 0 aliphatic carbocycles. The first-order valence-electron chi connectivity index (χ1n) is 9.19. The number of carbonyl (C=O) groups is 1. The number of hydrogen-bond donors (Lipinski definition) is 1. The number of rotatable bonds is 5. The zero-order valence-electron chi connectivity index (χ0n) is 15.8. The zero-order chi connectivity index (χ0) is 20.2. The van der Waals surface area contributed by atoms with Crippen LogP contribution >= 0.6 is 0 Å². The Labute approximate surface area is 167 Å². The Balaban J connectivity index is 1.73. The minimum absolute atomic E-state index is 0.0531. The number of fused-ring (bicyclic) bond motifs is 1. The van der Waals surface area contributed by atoms with E-state index in [-0.39, 0.29) is 5.56 Å². The van der Waals surface area contributed by atoms with Crippen molar-refractivity contribution in [3.63, 3.8) is 0 Å². The van der Waals surface area contributed by atoms with Crippen molar-refractivity contribution in [1.29, 1.82) is 0 Å². The van der Waals surface area contributed by atoms with E-state index in [0.717, 1.165) is 11.1 Å². The van der Waals surface area contributed by atoms with Gasteiger partial charge in [-0.05, 0) is 23.3 Å². The molecule has 0 fully saturated rings. The van der Waals surface area contributed by atoms with E-state index in [9.17, 15) is 9.59 Å². The molecule has 144 valence electrons. The van der Waals surface area contributed by atoms with E-state index >= 15 is 0 Å². The Morgan fingerprint density at radius 3 is 2.10 bits per heavy atom. The number of ether oxygens (including phenoxy) is 1. The maximum atomic E-state index is 13.0. The van der Waals surface area contributed by atoms with Crippen LogP contribution in [0.2, 0.25) is 0 Å². The van der Waals surface area contributed by atoms with E-state index in [4.69, 9.17) is 9.15 Å². The Hall–Kier alpha value is -3.86. The number of carbonyl (C=O) groups excluding carboxylic acids is 1. The Morgan fingerprint density at radius 2 is 1.52 bits per heavy atom. The summed E-state index contributed by atoms with van der Waals surface area (Å²) in [4.78, 5) is 25.5. The van der Waals surface area contributed by atoms with Gasteiger partial charge in [0.25, 0.3) is 5.91 Å². The number of amides is 1. The topological polar surface area (TPSA) is 68.5 Å². The summed E-state index contributed by atoms with van der Waals surface area (Å²) in [6.07, 6.45) is 0. The van der Waals surface area contributed by atoms with Gasteiger partial charge in [-0.2, -0.15) is 0 Å². The fraction of sp³-hybridized carbons (Fsp3) is 0.0833. The largest absolute Gasteiger partial charge is 0.493 e. The highest BCUT2D eigenvalue weighted by Gasteiger charge is 2.21. The molecule has 29 heavy (non-hydrogen) atoms. The van der Waals surface area contributed by atoms with E-state index in [0.29, 0.717) is 16.7 Å². The van der Waals surface area contributed by atoms with Gasteiger partial charge in [0, 0.05) is 5.39 Å². The fourth-order valence-electron chi connectivity index (χ4n) is 3.30. The third kappa shape index (κ3) is 3.75. The number of methoxy groups -OCH3 is 1. The van der Waals surface area contributed by atoms with Crippen LogP contribution in [0.3, 0.4) is 0 Å². The Bertz CT molecular complexity index is 1160. The highest BCUT2D eigenvalue weighted by Crippen LogP contribution is 2.25. The summed E-state index contributed by atoms with van der Waals surface area (Å²) in [6, 6.07) is 25.6. The first-order valence-corrected chi connectivity index (χ1v) is 9.19. The smallest absolute Gasteiger partial charge is 0.349 e. The normalized spacial score (nSPS) is 10.8. The maximum Gasteiger partial charge on any atom is 0.349 e. The van der Waals surface area contributed by atoms with Crippen molar-refractivity contribution in [2.75, 3.05) is 7.11 Å². The lowest BCUT2D eigenvalue weighted by molar-refractivity contribution is 0.0939. The van der Waals surface area contributed by atoms with Crippen LogP contribution in [0.15, 0.2) is 94.1 Å². The van der Waals surface area contributed by atoms with Gasteiger partial charge in [-0.15, -0.1) is 0 Å². The molecule has 5 heteroatoms. The molecule has 0 saturated heterocycles. The number of para-hydroxylation sites is 1. The molecule has 0 atom stereocenters. The molecular weight excluding hydrogens is 366 g/mol. The molecule has 0 spiro atoms. The van der Waals surface area contributed by atoms with Gasteiger partial charge in [0.2, 0.25) is 0 Å².